The van der Waals surface area contributed by atoms with E-state index in [1.807, 2.05) is 96.1 Å². The van der Waals surface area contributed by atoms with E-state index in [-0.39, 0.29) is 31.7 Å². The summed E-state index contributed by atoms with van der Waals surface area (Å²) < 4.78 is 10.4. The highest BCUT2D eigenvalue weighted by atomic mass is 17.3. The lowest BCUT2D eigenvalue weighted by Gasteiger charge is -2.32. The van der Waals surface area contributed by atoms with Crippen molar-refractivity contribution in [1.29, 1.82) is 0 Å². The Bertz CT molecular complexity index is 994. The van der Waals surface area contributed by atoms with Crippen molar-refractivity contribution < 1.29 is 58.2 Å². The summed E-state index contributed by atoms with van der Waals surface area (Å²) >= 11 is 0. The maximum absolute atomic E-state index is 12.0. The Morgan fingerprint density at radius 2 is 0.875 bits per heavy atom. The van der Waals surface area contributed by atoms with Crippen molar-refractivity contribution in [2.24, 2.45) is 0 Å². The number of rotatable bonds is 18. The molecule has 0 aliphatic carbocycles. The summed E-state index contributed by atoms with van der Waals surface area (Å²) in [7, 11) is 0. The van der Waals surface area contributed by atoms with E-state index >= 15 is 0 Å². The number of esters is 2. The molecular weight excluding hydrogens is 624 g/mol. The molecule has 280 valence electrons. The minimum atomic E-state index is -1.25. The molecular formula is C36H64O12. The van der Waals surface area contributed by atoms with Crippen molar-refractivity contribution in [3.8, 4) is 5.75 Å². The summed E-state index contributed by atoms with van der Waals surface area (Å²) in [5, 5.41) is 0. The Morgan fingerprint density at radius 1 is 0.521 bits per heavy atom. The molecule has 12 nitrogen and oxygen atoms in total. The maximum Gasteiger partial charge on any atom is 0.311 e. The minimum absolute atomic E-state index is 0.0758. The van der Waals surface area contributed by atoms with E-state index in [2.05, 4.69) is 0 Å². The zero-order chi connectivity index (χ0) is 37.3. The predicted octanol–water partition coefficient (Wildman–Crippen LogP) is 8.90. The molecule has 0 amide bonds. The van der Waals surface area contributed by atoms with Gasteiger partial charge in [0.2, 0.25) is 11.6 Å². The first-order valence-electron chi connectivity index (χ1n) is 16.6. The van der Waals surface area contributed by atoms with Crippen LogP contribution in [-0.4, -0.2) is 52.5 Å². The Labute approximate surface area is 289 Å². The van der Waals surface area contributed by atoms with Crippen LogP contribution in [0.4, 0.5) is 0 Å². The molecule has 0 N–H and O–H groups in total. The van der Waals surface area contributed by atoms with Crippen molar-refractivity contribution in [2.45, 2.75) is 176 Å². The van der Waals surface area contributed by atoms with Gasteiger partial charge in [-0.15, -0.1) is 0 Å². The largest absolute Gasteiger partial charge is 0.466 e. The third-order valence-electron chi connectivity index (χ3n) is 5.17. The first kappa shape index (κ1) is 45.8. The van der Waals surface area contributed by atoms with Crippen LogP contribution in [-0.2, 0) is 53.4 Å². The first-order chi connectivity index (χ1) is 21.8. The Balaban J connectivity index is 0.000000924. The number of para-hydroxylation sites is 1. The highest BCUT2D eigenvalue weighted by Crippen LogP contribution is 2.27. The maximum atomic E-state index is 12.0. The molecule has 0 atom stereocenters. The Kier molecular flexibility index (Phi) is 19.6. The molecule has 0 heterocycles. The second-order valence-electron chi connectivity index (χ2n) is 15.7. The number of hydrogen-bond donors (Lipinski definition) is 0. The van der Waals surface area contributed by atoms with E-state index in [4.69, 9.17) is 48.6 Å². The highest BCUT2D eigenvalue weighted by molar-refractivity contribution is 5.72. The van der Waals surface area contributed by atoms with Gasteiger partial charge in [0.25, 0.3) is 0 Å². The average molecular weight is 689 g/mol. The average Bonchev–Trinajstić information content (AvgIpc) is 2.95. The lowest BCUT2D eigenvalue weighted by molar-refractivity contribution is -0.537. The molecule has 0 aromatic heterocycles. The van der Waals surface area contributed by atoms with Crippen molar-refractivity contribution in [3.05, 3.63) is 30.3 Å². The molecule has 0 aliphatic rings. The van der Waals surface area contributed by atoms with Crippen LogP contribution in [0.15, 0.2) is 30.3 Å². The van der Waals surface area contributed by atoms with Gasteiger partial charge in [-0.3, -0.25) is 9.59 Å². The fourth-order valence-corrected chi connectivity index (χ4v) is 2.78. The number of carbonyl (C=O) groups excluding carboxylic acids is 2. The molecule has 0 aliphatic heterocycles. The first-order valence-corrected chi connectivity index (χ1v) is 16.6. The Hall–Kier alpha value is -2.16. The van der Waals surface area contributed by atoms with Crippen LogP contribution in [0, 0.1) is 0 Å². The molecule has 0 bridgehead atoms. The van der Waals surface area contributed by atoms with Crippen LogP contribution in [0.3, 0.4) is 0 Å². The zero-order valence-electron chi connectivity index (χ0n) is 32.2. The van der Waals surface area contributed by atoms with Crippen molar-refractivity contribution in [2.75, 3.05) is 6.61 Å². The number of carbonyl (C=O) groups is 2. The molecule has 0 radical (unpaired) electrons. The van der Waals surface area contributed by atoms with E-state index in [1.165, 1.54) is 0 Å². The van der Waals surface area contributed by atoms with Gasteiger partial charge in [0.05, 0.1) is 41.9 Å². The molecule has 0 fully saturated rings. The van der Waals surface area contributed by atoms with Crippen LogP contribution < -0.4 is 4.74 Å². The van der Waals surface area contributed by atoms with Gasteiger partial charge in [0, 0.05) is 12.8 Å². The topological polar surface area (TPSA) is 126 Å². The molecule has 1 aromatic carbocycles. The molecule has 0 saturated heterocycles. The summed E-state index contributed by atoms with van der Waals surface area (Å²) in [5.74, 6) is -2.65. The van der Waals surface area contributed by atoms with Crippen molar-refractivity contribution >= 4 is 11.9 Å². The third kappa shape index (κ3) is 26.8. The van der Waals surface area contributed by atoms with Crippen LogP contribution in [0.2, 0.25) is 0 Å². The standard InChI is InChI=1S/C19H30O6.C17H34O6/c1-17(2,3)22-24-19(7,25-23-18(4,5)6)14-13-16(20)21-15-11-9-8-10-12-15;1-9-10-13-19-14(18)11-12-17(8,22-20-15(2,3)4)23-21-16(5,6)7/h8-12H,13-14H2,1-7H3;9-13H2,1-8H3. The van der Waals surface area contributed by atoms with Crippen LogP contribution in [0.1, 0.15) is 142 Å². The van der Waals surface area contributed by atoms with Gasteiger partial charge in [-0.25, -0.2) is 19.6 Å². The summed E-state index contributed by atoms with van der Waals surface area (Å²) in [4.78, 5) is 66.9. The number of hydrogen-bond acceptors (Lipinski definition) is 12. The molecule has 1 rings (SSSR count). The number of benzene rings is 1. The quantitative estimate of drug-likeness (QED) is 0.0365. The molecule has 0 unspecified atom stereocenters. The summed E-state index contributed by atoms with van der Waals surface area (Å²) in [6, 6.07) is 8.88. The lowest BCUT2D eigenvalue weighted by atomic mass is 10.1. The molecule has 0 saturated carbocycles. The second kappa shape index (κ2) is 20.5. The van der Waals surface area contributed by atoms with Gasteiger partial charge in [0.1, 0.15) is 5.75 Å². The van der Waals surface area contributed by atoms with E-state index in [9.17, 15) is 9.59 Å². The highest BCUT2D eigenvalue weighted by Gasteiger charge is 2.36. The third-order valence-corrected chi connectivity index (χ3v) is 5.17. The molecule has 12 heteroatoms. The van der Waals surface area contributed by atoms with Crippen molar-refractivity contribution in [1.82, 2.24) is 0 Å². The summed E-state index contributed by atoms with van der Waals surface area (Å²) in [5.41, 5.74) is -2.07. The molecule has 0 spiro atoms. The monoisotopic (exact) mass is 688 g/mol. The van der Waals surface area contributed by atoms with Crippen molar-refractivity contribution in [3.63, 3.8) is 0 Å². The number of unbranched alkanes of at least 4 members (excludes halogenated alkanes) is 1. The summed E-state index contributed by atoms with van der Waals surface area (Å²) in [6.45, 7) is 28.0. The predicted molar refractivity (Wildman–Crippen MR) is 181 cm³/mol. The Morgan fingerprint density at radius 3 is 1.21 bits per heavy atom. The van der Waals surface area contributed by atoms with Gasteiger partial charge < -0.3 is 9.47 Å². The SMILES string of the molecule is CC(C)(C)OOC(C)(CCC(=O)Oc1ccccc1)OOC(C)(C)C.CCCCOC(=O)CCC(C)(OOC(C)(C)C)OOC(C)(C)C. The molecule has 48 heavy (non-hydrogen) atoms. The summed E-state index contributed by atoms with van der Waals surface area (Å²) in [6.07, 6.45) is 2.52. The van der Waals surface area contributed by atoms with Crippen LogP contribution in [0.25, 0.3) is 0 Å². The lowest BCUT2D eigenvalue weighted by Crippen LogP contribution is -2.39. The van der Waals surface area contributed by atoms with Gasteiger partial charge >= 0.3 is 11.9 Å². The van der Waals surface area contributed by atoms with Gasteiger partial charge in [0.15, 0.2) is 0 Å². The minimum Gasteiger partial charge on any atom is -0.466 e. The molecule has 1 aromatic rings. The normalized spacial score (nSPS) is 13.1. The van der Waals surface area contributed by atoms with Gasteiger partial charge in [-0.05, 0) is 115 Å². The van der Waals surface area contributed by atoms with Crippen LogP contribution >= 0.6 is 0 Å². The van der Waals surface area contributed by atoms with E-state index in [1.54, 1.807) is 38.1 Å². The zero-order valence-corrected chi connectivity index (χ0v) is 32.2. The van der Waals surface area contributed by atoms with Gasteiger partial charge in [-0.1, -0.05) is 31.5 Å². The fraction of sp³-hybridized carbons (Fsp3) is 0.778. The number of ether oxygens (including phenoxy) is 2. The fourth-order valence-electron chi connectivity index (χ4n) is 2.78. The van der Waals surface area contributed by atoms with Crippen LogP contribution in [0.5, 0.6) is 5.75 Å². The van der Waals surface area contributed by atoms with E-state index in [0.29, 0.717) is 12.4 Å². The smallest absolute Gasteiger partial charge is 0.311 e. The van der Waals surface area contributed by atoms with Gasteiger partial charge in [-0.2, -0.15) is 19.6 Å². The van der Waals surface area contributed by atoms with E-state index < -0.39 is 39.9 Å². The van der Waals surface area contributed by atoms with E-state index in [0.717, 1.165) is 12.8 Å². The second-order valence-corrected chi connectivity index (χ2v) is 15.7.